The van der Waals surface area contributed by atoms with Crippen molar-refractivity contribution in [3.8, 4) is 0 Å². The maximum absolute atomic E-state index is 10.6. The highest BCUT2D eigenvalue weighted by molar-refractivity contribution is 7.79. The number of aliphatic carboxylic acids is 1. The average Bonchev–Trinajstić information content (AvgIpc) is 2.57. The van der Waals surface area contributed by atoms with Crippen LogP contribution in [0.1, 0.15) is 13.8 Å². The maximum Gasteiger partial charge on any atom is 0.394 e. The lowest BCUT2D eigenvalue weighted by molar-refractivity contribution is -0.148. The Hall–Kier alpha value is -1.39. The van der Waals surface area contributed by atoms with Crippen LogP contribution in [-0.4, -0.2) is 90.9 Å². The molecule has 0 aromatic rings. The van der Waals surface area contributed by atoms with Crippen molar-refractivity contribution in [2.45, 2.75) is 13.8 Å². The molecule has 160 valence electrons. The van der Waals surface area contributed by atoms with Crippen LogP contribution in [0.2, 0.25) is 0 Å². The molecule has 0 radical (unpaired) electrons. The van der Waals surface area contributed by atoms with Crippen LogP contribution >= 0.6 is 0 Å². The van der Waals surface area contributed by atoms with Gasteiger partial charge in [-0.15, -0.1) is 0 Å². The third-order valence-corrected chi connectivity index (χ3v) is 1.94. The van der Waals surface area contributed by atoms with Crippen LogP contribution in [0, 0.1) is 11.8 Å². The van der Waals surface area contributed by atoms with Gasteiger partial charge in [0.2, 0.25) is 0 Å². The average molecular weight is 412 g/mol. The molecule has 0 spiro atoms. The lowest BCUT2D eigenvalue weighted by atomic mass is 10.2. The summed E-state index contributed by atoms with van der Waals surface area (Å²) in [6.07, 6.45) is 0. The molecule has 0 amide bonds. The summed E-state index contributed by atoms with van der Waals surface area (Å²) in [5.74, 6) is -2.09. The van der Waals surface area contributed by atoms with E-state index in [1.54, 1.807) is 6.92 Å². The van der Waals surface area contributed by atoms with Gasteiger partial charge in [-0.2, -0.15) is 8.42 Å². The van der Waals surface area contributed by atoms with Crippen molar-refractivity contribution in [1.82, 2.24) is 0 Å². The normalized spacial score (nSPS) is 11.9. The minimum Gasteiger partial charge on any atom is -0.481 e. The second-order valence-corrected chi connectivity index (χ2v) is 5.01. The molecule has 0 aliphatic rings. The standard InChI is InChI=1S/C6H12O4.C5H10O4.CH4O.H2O4S/c1-5(3-10-4-7)6(8)9-2;1-4(5(7)8)2-9-3-6;1-2;1-5(2,3)4/h5,7H,3-4H2,1-2H3;4,6H,2-3H2,1H3,(H,7,8);2H,1H3;(H2,1,2,3,4). The molecule has 0 aromatic carbocycles. The van der Waals surface area contributed by atoms with Crippen molar-refractivity contribution >= 4 is 22.3 Å². The van der Waals surface area contributed by atoms with Crippen molar-refractivity contribution in [3.05, 3.63) is 0 Å². The molecule has 0 heterocycles. The first-order valence-electron chi connectivity index (χ1n) is 6.73. The SMILES string of the molecule is CC(COCO)C(=O)O.CO.COC(=O)C(C)COCO.O=S(=O)(O)O. The molecule has 0 aliphatic heterocycles. The van der Waals surface area contributed by atoms with Crippen molar-refractivity contribution < 1.29 is 61.7 Å². The second kappa shape index (κ2) is 21.7. The van der Waals surface area contributed by atoms with Crippen LogP contribution < -0.4 is 0 Å². The third kappa shape index (κ3) is 38.3. The number of aliphatic hydroxyl groups excluding tert-OH is 3. The van der Waals surface area contributed by atoms with E-state index in [0.29, 0.717) is 0 Å². The predicted molar refractivity (Wildman–Crippen MR) is 86.4 cm³/mol. The molecule has 0 aromatic heterocycles. The Morgan fingerprint density at radius 3 is 1.46 bits per heavy atom. The van der Waals surface area contributed by atoms with E-state index in [9.17, 15) is 9.59 Å². The molecule has 2 unspecified atom stereocenters. The topological polar surface area (TPSA) is 217 Å². The molecule has 0 rings (SSSR count). The first-order chi connectivity index (χ1) is 11.9. The van der Waals surface area contributed by atoms with Gasteiger partial charge in [0.1, 0.15) is 13.6 Å². The van der Waals surface area contributed by atoms with Gasteiger partial charge in [0.15, 0.2) is 0 Å². The third-order valence-electron chi connectivity index (χ3n) is 1.94. The van der Waals surface area contributed by atoms with Crippen LogP contribution in [0.15, 0.2) is 0 Å². The van der Waals surface area contributed by atoms with Crippen LogP contribution in [0.25, 0.3) is 0 Å². The molecule has 0 saturated carbocycles. The number of methoxy groups -OCH3 is 1. The van der Waals surface area contributed by atoms with Crippen LogP contribution in [0.4, 0.5) is 0 Å². The van der Waals surface area contributed by atoms with Crippen molar-refractivity contribution in [2.24, 2.45) is 11.8 Å². The summed E-state index contributed by atoms with van der Waals surface area (Å²) in [7, 11) is -2.35. The summed E-state index contributed by atoms with van der Waals surface area (Å²) in [5.41, 5.74) is 0. The van der Waals surface area contributed by atoms with Gasteiger partial charge < -0.3 is 34.6 Å². The number of carboxylic acids is 1. The fraction of sp³-hybridized carbons (Fsp3) is 0.833. The quantitative estimate of drug-likeness (QED) is 0.150. The monoisotopic (exact) mass is 412 g/mol. The molecule has 6 N–H and O–H groups in total. The smallest absolute Gasteiger partial charge is 0.394 e. The Balaban J connectivity index is -0.000000139. The van der Waals surface area contributed by atoms with Crippen LogP contribution in [0.5, 0.6) is 0 Å². The molecular formula is C12H28O13S. The number of ether oxygens (including phenoxy) is 3. The summed E-state index contributed by atoms with van der Waals surface area (Å²) >= 11 is 0. The fourth-order valence-corrected chi connectivity index (χ4v) is 0.799. The molecule has 26 heavy (non-hydrogen) atoms. The van der Waals surface area contributed by atoms with Crippen molar-refractivity contribution in [1.29, 1.82) is 0 Å². The number of carboxylic acid groups (broad SMARTS) is 1. The van der Waals surface area contributed by atoms with Crippen molar-refractivity contribution in [3.63, 3.8) is 0 Å². The number of carbonyl (C=O) groups is 2. The fourth-order valence-electron chi connectivity index (χ4n) is 0.799. The lowest BCUT2D eigenvalue weighted by Gasteiger charge is -2.06. The van der Waals surface area contributed by atoms with E-state index in [0.717, 1.165) is 7.11 Å². The zero-order valence-electron chi connectivity index (χ0n) is 14.9. The van der Waals surface area contributed by atoms with Gasteiger partial charge in [0.05, 0.1) is 32.2 Å². The van der Waals surface area contributed by atoms with Gasteiger partial charge in [-0.25, -0.2) is 0 Å². The number of aliphatic hydroxyl groups is 3. The Morgan fingerprint density at radius 1 is 0.923 bits per heavy atom. The first kappa shape index (κ1) is 32.3. The van der Waals surface area contributed by atoms with E-state index in [1.807, 2.05) is 0 Å². The number of hydrogen-bond donors (Lipinski definition) is 6. The van der Waals surface area contributed by atoms with Gasteiger partial charge >= 0.3 is 22.3 Å². The summed E-state index contributed by atoms with van der Waals surface area (Å²) in [6.45, 7) is 2.66. The first-order valence-corrected chi connectivity index (χ1v) is 8.12. The van der Waals surface area contributed by atoms with E-state index in [4.69, 9.17) is 37.9 Å². The number of carbonyl (C=O) groups excluding carboxylic acids is 1. The van der Waals surface area contributed by atoms with Gasteiger partial charge in [-0.3, -0.25) is 18.7 Å². The zero-order chi connectivity index (χ0) is 21.8. The van der Waals surface area contributed by atoms with E-state index in [-0.39, 0.29) is 31.9 Å². The highest BCUT2D eigenvalue weighted by atomic mass is 32.3. The molecule has 0 fully saturated rings. The zero-order valence-corrected chi connectivity index (χ0v) is 15.7. The number of esters is 1. The number of hydrogen-bond acceptors (Lipinski definition) is 10. The Labute approximate surface area is 151 Å². The molecule has 0 bridgehead atoms. The van der Waals surface area contributed by atoms with E-state index in [1.165, 1.54) is 14.0 Å². The van der Waals surface area contributed by atoms with Crippen LogP contribution in [-0.2, 0) is 34.2 Å². The summed E-state index contributed by atoms with van der Waals surface area (Å²) in [4.78, 5) is 20.7. The minimum atomic E-state index is -4.67. The summed E-state index contributed by atoms with van der Waals surface area (Å²) in [5, 5.41) is 31.5. The van der Waals surface area contributed by atoms with E-state index in [2.05, 4.69) is 14.2 Å². The summed E-state index contributed by atoms with van der Waals surface area (Å²) < 4.78 is 45.0. The lowest BCUT2D eigenvalue weighted by Crippen LogP contribution is -2.18. The van der Waals surface area contributed by atoms with Gasteiger partial charge in [0, 0.05) is 7.11 Å². The highest BCUT2D eigenvalue weighted by Crippen LogP contribution is 1.97. The predicted octanol–water partition coefficient (Wildman–Crippen LogP) is -1.61. The number of rotatable bonds is 8. The Kier molecular flexibility index (Phi) is 26.9. The van der Waals surface area contributed by atoms with Crippen molar-refractivity contribution in [2.75, 3.05) is 41.0 Å². The second-order valence-electron chi connectivity index (χ2n) is 4.11. The van der Waals surface area contributed by atoms with Gasteiger partial charge in [-0.05, 0) is 13.8 Å². The maximum atomic E-state index is 10.6. The largest absolute Gasteiger partial charge is 0.481 e. The molecule has 2 atom stereocenters. The minimum absolute atomic E-state index is 0.0613. The van der Waals surface area contributed by atoms with E-state index >= 15 is 0 Å². The molecule has 13 nitrogen and oxygen atoms in total. The van der Waals surface area contributed by atoms with Gasteiger partial charge in [0.25, 0.3) is 0 Å². The Bertz CT molecular complexity index is 415. The van der Waals surface area contributed by atoms with Crippen LogP contribution in [0.3, 0.4) is 0 Å². The molecule has 14 heteroatoms. The van der Waals surface area contributed by atoms with E-state index < -0.39 is 29.1 Å². The molecule has 0 aliphatic carbocycles. The van der Waals surface area contributed by atoms with Gasteiger partial charge in [-0.1, -0.05) is 0 Å². The summed E-state index contributed by atoms with van der Waals surface area (Å²) in [6, 6.07) is 0. The highest BCUT2D eigenvalue weighted by Gasteiger charge is 2.12. The Morgan fingerprint density at radius 2 is 1.23 bits per heavy atom. The molecule has 0 saturated heterocycles. The molecular weight excluding hydrogens is 384 g/mol.